The van der Waals surface area contributed by atoms with Crippen molar-refractivity contribution < 1.29 is 5.11 Å². The van der Waals surface area contributed by atoms with Crippen molar-refractivity contribution in [2.75, 3.05) is 6.54 Å². The highest BCUT2D eigenvalue weighted by Gasteiger charge is 2.04. The van der Waals surface area contributed by atoms with Crippen LogP contribution in [-0.2, 0) is 6.54 Å². The number of nitrogens with one attached hydrogen (secondary N) is 1. The second-order valence-corrected chi connectivity index (χ2v) is 3.95. The van der Waals surface area contributed by atoms with Crippen molar-refractivity contribution in [3.8, 4) is 0 Å². The number of hydrogen-bond acceptors (Lipinski definition) is 3. The summed E-state index contributed by atoms with van der Waals surface area (Å²) < 4.78 is 1.80. The summed E-state index contributed by atoms with van der Waals surface area (Å²) in [4.78, 5) is 10.8. The van der Waals surface area contributed by atoms with E-state index in [4.69, 9.17) is 0 Å². The maximum Gasteiger partial charge on any atom is 0.181 e. The molecule has 4 heteroatoms. The van der Waals surface area contributed by atoms with E-state index < -0.39 is 6.10 Å². The van der Waals surface area contributed by atoms with E-state index >= 15 is 0 Å². The highest BCUT2D eigenvalue weighted by atomic mass is 16.3. The maximum atomic E-state index is 10.8. The minimum atomic E-state index is -0.435. The molecule has 0 fully saturated rings. The van der Waals surface area contributed by atoms with E-state index in [-0.39, 0.29) is 5.43 Å². The highest BCUT2D eigenvalue weighted by molar-refractivity contribution is 4.93. The van der Waals surface area contributed by atoms with Crippen LogP contribution < -0.4 is 10.7 Å². The van der Waals surface area contributed by atoms with Crippen molar-refractivity contribution >= 4 is 0 Å². The lowest BCUT2D eigenvalue weighted by Gasteiger charge is -2.15. The molecule has 1 rings (SSSR count). The smallest absolute Gasteiger partial charge is 0.181 e. The van der Waals surface area contributed by atoms with Gasteiger partial charge in [0.2, 0.25) is 0 Å². The first-order valence-corrected chi connectivity index (χ1v) is 5.15. The predicted octanol–water partition coefficient (Wildman–Crippen LogP) is 0.207. The fraction of sp³-hybridized carbons (Fsp3) is 0.545. The van der Waals surface area contributed by atoms with Crippen molar-refractivity contribution in [1.29, 1.82) is 0 Å². The van der Waals surface area contributed by atoms with Gasteiger partial charge in [-0.25, -0.2) is 0 Å². The minimum Gasteiger partial charge on any atom is -0.390 e. The third kappa shape index (κ3) is 4.76. The summed E-state index contributed by atoms with van der Waals surface area (Å²) in [5, 5.41) is 12.8. The molecule has 1 aromatic rings. The van der Waals surface area contributed by atoms with Gasteiger partial charge >= 0.3 is 0 Å². The summed E-state index contributed by atoms with van der Waals surface area (Å²) in [6, 6.07) is 3.35. The molecule has 1 aromatic heterocycles. The molecule has 0 aliphatic rings. The van der Waals surface area contributed by atoms with Gasteiger partial charge < -0.3 is 15.0 Å². The summed E-state index contributed by atoms with van der Waals surface area (Å²) in [5.74, 6) is 0. The average Bonchev–Trinajstić information content (AvgIpc) is 2.19. The summed E-state index contributed by atoms with van der Waals surface area (Å²) in [7, 11) is 0. The zero-order valence-corrected chi connectivity index (χ0v) is 9.18. The lowest BCUT2D eigenvalue weighted by Crippen LogP contribution is -2.34. The summed E-state index contributed by atoms with van der Waals surface area (Å²) in [5.41, 5.74) is -0.0129. The largest absolute Gasteiger partial charge is 0.390 e. The normalized spacial score (nSPS) is 13.1. The number of rotatable bonds is 5. The molecular weight excluding hydrogens is 192 g/mol. The number of hydrogen-bond donors (Lipinski definition) is 2. The van der Waals surface area contributed by atoms with E-state index in [1.165, 1.54) is 12.1 Å². The molecule has 0 spiro atoms. The molecule has 1 unspecified atom stereocenters. The Kier molecular flexibility index (Phi) is 4.52. The van der Waals surface area contributed by atoms with Crippen LogP contribution in [-0.4, -0.2) is 28.4 Å². The topological polar surface area (TPSA) is 54.3 Å². The first-order chi connectivity index (χ1) is 7.08. The fourth-order valence-corrected chi connectivity index (χ4v) is 1.25. The van der Waals surface area contributed by atoms with E-state index in [1.807, 2.05) is 13.8 Å². The second kappa shape index (κ2) is 5.68. The Morgan fingerprint density at radius 3 is 2.53 bits per heavy atom. The van der Waals surface area contributed by atoms with Gasteiger partial charge in [0.1, 0.15) is 0 Å². The van der Waals surface area contributed by atoms with Crippen LogP contribution in [0.15, 0.2) is 29.3 Å². The Morgan fingerprint density at radius 2 is 2.00 bits per heavy atom. The lowest BCUT2D eigenvalue weighted by molar-refractivity contribution is 0.148. The van der Waals surface area contributed by atoms with E-state index in [2.05, 4.69) is 5.32 Å². The van der Waals surface area contributed by atoms with Gasteiger partial charge in [0.05, 0.1) is 6.10 Å². The molecule has 0 bridgehead atoms. The van der Waals surface area contributed by atoms with Crippen LogP contribution >= 0.6 is 0 Å². The fourth-order valence-electron chi connectivity index (χ4n) is 1.25. The molecule has 0 saturated carbocycles. The maximum absolute atomic E-state index is 10.8. The molecule has 15 heavy (non-hydrogen) atoms. The third-order valence-electron chi connectivity index (χ3n) is 2.04. The number of aromatic nitrogens is 1. The van der Waals surface area contributed by atoms with Crippen molar-refractivity contribution in [1.82, 2.24) is 9.88 Å². The molecule has 0 radical (unpaired) electrons. The molecule has 0 aliphatic carbocycles. The van der Waals surface area contributed by atoms with Crippen molar-refractivity contribution in [2.24, 2.45) is 0 Å². The first-order valence-electron chi connectivity index (χ1n) is 5.15. The van der Waals surface area contributed by atoms with Crippen LogP contribution in [0.2, 0.25) is 0 Å². The Balaban J connectivity index is 2.40. The Morgan fingerprint density at radius 1 is 1.40 bits per heavy atom. The number of nitrogens with zero attached hydrogens (tertiary/aromatic N) is 1. The molecule has 0 aliphatic heterocycles. The standard InChI is InChI=1S/C11H18N2O2/c1-9(2)12-7-11(15)8-13-5-3-10(14)4-6-13/h3-6,9,11-12,15H,7-8H2,1-2H3. The Labute approximate surface area is 89.6 Å². The van der Waals surface area contributed by atoms with Gasteiger partial charge in [0, 0.05) is 43.7 Å². The first kappa shape index (κ1) is 11.9. The summed E-state index contributed by atoms with van der Waals surface area (Å²) in [6.45, 7) is 5.13. The summed E-state index contributed by atoms with van der Waals surface area (Å²) >= 11 is 0. The summed E-state index contributed by atoms with van der Waals surface area (Å²) in [6.07, 6.45) is 2.93. The van der Waals surface area contributed by atoms with Crippen LogP contribution in [0.5, 0.6) is 0 Å². The van der Waals surface area contributed by atoms with Crippen LogP contribution in [0.3, 0.4) is 0 Å². The van der Waals surface area contributed by atoms with Gasteiger partial charge in [-0.05, 0) is 0 Å². The van der Waals surface area contributed by atoms with Gasteiger partial charge in [-0.2, -0.15) is 0 Å². The molecule has 4 nitrogen and oxygen atoms in total. The van der Waals surface area contributed by atoms with Gasteiger partial charge in [-0.3, -0.25) is 4.79 Å². The van der Waals surface area contributed by atoms with Crippen molar-refractivity contribution in [3.05, 3.63) is 34.7 Å². The molecular formula is C11H18N2O2. The predicted molar refractivity (Wildman–Crippen MR) is 59.8 cm³/mol. The highest BCUT2D eigenvalue weighted by Crippen LogP contribution is 1.91. The van der Waals surface area contributed by atoms with E-state index in [0.29, 0.717) is 19.1 Å². The second-order valence-electron chi connectivity index (χ2n) is 3.95. The zero-order valence-electron chi connectivity index (χ0n) is 9.18. The van der Waals surface area contributed by atoms with Gasteiger partial charge in [-0.1, -0.05) is 13.8 Å². The Bertz CT molecular complexity index is 326. The van der Waals surface area contributed by atoms with Gasteiger partial charge in [0.15, 0.2) is 5.43 Å². The minimum absolute atomic E-state index is 0.0129. The van der Waals surface area contributed by atoms with Crippen LogP contribution in [0, 0.1) is 0 Å². The molecule has 0 aromatic carbocycles. The lowest BCUT2D eigenvalue weighted by atomic mass is 10.3. The van der Waals surface area contributed by atoms with Crippen LogP contribution in [0.25, 0.3) is 0 Å². The van der Waals surface area contributed by atoms with E-state index in [0.717, 1.165) is 0 Å². The average molecular weight is 210 g/mol. The molecule has 2 N–H and O–H groups in total. The Hall–Kier alpha value is -1.13. The van der Waals surface area contributed by atoms with Crippen LogP contribution in [0.1, 0.15) is 13.8 Å². The SMILES string of the molecule is CC(C)NCC(O)Cn1ccc(=O)cc1. The molecule has 1 heterocycles. The number of aliphatic hydroxyl groups excluding tert-OH is 1. The number of pyridine rings is 1. The molecule has 0 amide bonds. The monoisotopic (exact) mass is 210 g/mol. The molecule has 1 atom stereocenters. The number of aliphatic hydroxyl groups is 1. The van der Waals surface area contributed by atoms with E-state index in [9.17, 15) is 9.90 Å². The van der Waals surface area contributed by atoms with Gasteiger partial charge in [0.25, 0.3) is 0 Å². The third-order valence-corrected chi connectivity index (χ3v) is 2.04. The molecule has 0 saturated heterocycles. The van der Waals surface area contributed by atoms with Crippen molar-refractivity contribution in [2.45, 2.75) is 32.5 Å². The van der Waals surface area contributed by atoms with Crippen molar-refractivity contribution in [3.63, 3.8) is 0 Å². The van der Waals surface area contributed by atoms with E-state index in [1.54, 1.807) is 17.0 Å². The van der Waals surface area contributed by atoms with Gasteiger partial charge in [-0.15, -0.1) is 0 Å². The molecule has 84 valence electrons. The quantitative estimate of drug-likeness (QED) is 0.730. The zero-order chi connectivity index (χ0) is 11.3. The van der Waals surface area contributed by atoms with Crippen LogP contribution in [0.4, 0.5) is 0 Å².